The van der Waals surface area contributed by atoms with Crippen molar-refractivity contribution >= 4 is 29.3 Å². The molecule has 2 N–H and O–H groups in total. The fourth-order valence-corrected chi connectivity index (χ4v) is 2.36. The predicted molar refractivity (Wildman–Crippen MR) is 81.1 cm³/mol. The molecular formula is C15H14N2O3S. The number of carbonyl (C=O) groups is 2. The highest BCUT2D eigenvalue weighted by Crippen LogP contribution is 2.12. The predicted octanol–water partition coefficient (Wildman–Crippen LogP) is 2.48. The lowest BCUT2D eigenvalue weighted by Gasteiger charge is -2.03. The van der Waals surface area contributed by atoms with Crippen LogP contribution in [0.2, 0.25) is 0 Å². The highest BCUT2D eigenvalue weighted by atomic mass is 32.1. The molecule has 0 fully saturated rings. The molecule has 1 aromatic heterocycles. The maximum Gasteiger partial charge on any atom is 0.335 e. The van der Waals surface area contributed by atoms with Gasteiger partial charge in [-0.05, 0) is 30.7 Å². The molecular weight excluding hydrogens is 288 g/mol. The summed E-state index contributed by atoms with van der Waals surface area (Å²) in [6, 6.07) is 6.47. The van der Waals surface area contributed by atoms with Gasteiger partial charge < -0.3 is 10.4 Å². The van der Waals surface area contributed by atoms with Crippen LogP contribution in [0.3, 0.4) is 0 Å². The molecule has 1 amide bonds. The Hall–Kier alpha value is -2.47. The molecule has 0 bridgehead atoms. The summed E-state index contributed by atoms with van der Waals surface area (Å²) >= 11 is 1.51. The number of aromatic nitrogens is 1. The van der Waals surface area contributed by atoms with Gasteiger partial charge in [0.2, 0.25) is 5.91 Å². The Labute approximate surface area is 126 Å². The highest BCUT2D eigenvalue weighted by Gasteiger charge is 2.04. The van der Waals surface area contributed by atoms with Crippen LogP contribution in [0.5, 0.6) is 0 Å². The van der Waals surface area contributed by atoms with Gasteiger partial charge in [-0.1, -0.05) is 12.1 Å². The number of hydrogen-bond acceptors (Lipinski definition) is 4. The summed E-state index contributed by atoms with van der Waals surface area (Å²) in [5.41, 5.74) is 0.947. The third-order valence-electron chi connectivity index (χ3n) is 2.68. The maximum atomic E-state index is 11.7. The smallest absolute Gasteiger partial charge is 0.335 e. The lowest BCUT2D eigenvalue weighted by atomic mass is 10.1. The summed E-state index contributed by atoms with van der Waals surface area (Å²) in [5.74, 6) is -1.22. The minimum Gasteiger partial charge on any atom is -0.478 e. The maximum absolute atomic E-state index is 11.7. The zero-order chi connectivity index (χ0) is 15.2. The molecule has 1 heterocycles. The summed E-state index contributed by atoms with van der Waals surface area (Å²) < 4.78 is 0. The number of aryl methyl sites for hydroxylation is 1. The van der Waals surface area contributed by atoms with Crippen LogP contribution in [0.1, 0.15) is 25.8 Å². The molecule has 0 unspecified atom stereocenters. The van der Waals surface area contributed by atoms with Crippen molar-refractivity contribution in [3.63, 3.8) is 0 Å². The van der Waals surface area contributed by atoms with Gasteiger partial charge in [0.05, 0.1) is 10.6 Å². The van der Waals surface area contributed by atoms with E-state index in [0.717, 1.165) is 15.4 Å². The van der Waals surface area contributed by atoms with Crippen molar-refractivity contribution in [1.29, 1.82) is 0 Å². The van der Waals surface area contributed by atoms with Gasteiger partial charge in [0.1, 0.15) is 0 Å². The summed E-state index contributed by atoms with van der Waals surface area (Å²) in [5, 5.41) is 12.5. The lowest BCUT2D eigenvalue weighted by molar-refractivity contribution is -0.116. The Morgan fingerprint density at radius 2 is 2.24 bits per heavy atom. The molecule has 2 rings (SSSR count). The van der Waals surface area contributed by atoms with Gasteiger partial charge in [-0.2, -0.15) is 0 Å². The SMILES string of the molecule is Cc1ncc(/C=C/C(=O)NCc2cccc(C(=O)O)c2)s1. The Bertz CT molecular complexity index is 692. The molecule has 108 valence electrons. The van der Waals surface area contributed by atoms with Crippen LogP contribution in [-0.2, 0) is 11.3 Å². The van der Waals surface area contributed by atoms with E-state index < -0.39 is 5.97 Å². The fourth-order valence-electron chi connectivity index (χ4n) is 1.68. The Morgan fingerprint density at radius 1 is 1.43 bits per heavy atom. The van der Waals surface area contributed by atoms with Crippen LogP contribution >= 0.6 is 11.3 Å². The first-order valence-corrected chi connectivity index (χ1v) is 7.07. The second-order valence-electron chi connectivity index (χ2n) is 4.34. The molecule has 6 heteroatoms. The first kappa shape index (κ1) is 14.9. The zero-order valence-corrected chi connectivity index (χ0v) is 12.2. The molecule has 0 atom stereocenters. The number of aromatic carboxylic acids is 1. The number of carboxylic acids is 1. The van der Waals surface area contributed by atoms with Gasteiger partial charge in [-0.25, -0.2) is 9.78 Å². The zero-order valence-electron chi connectivity index (χ0n) is 11.4. The van der Waals surface area contributed by atoms with Crippen molar-refractivity contribution < 1.29 is 14.7 Å². The first-order valence-electron chi connectivity index (χ1n) is 6.25. The third-order valence-corrected chi connectivity index (χ3v) is 3.56. The minimum atomic E-state index is -0.983. The average molecular weight is 302 g/mol. The number of nitrogens with one attached hydrogen (secondary N) is 1. The van der Waals surface area contributed by atoms with Crippen LogP contribution in [0.15, 0.2) is 36.5 Å². The standard InChI is InChI=1S/C15H14N2O3S/c1-10-16-9-13(21-10)5-6-14(18)17-8-11-3-2-4-12(7-11)15(19)20/h2-7,9H,8H2,1H3,(H,17,18)(H,19,20)/b6-5+. The molecule has 21 heavy (non-hydrogen) atoms. The van der Waals surface area contributed by atoms with Gasteiger partial charge in [0, 0.05) is 23.7 Å². The summed E-state index contributed by atoms with van der Waals surface area (Å²) in [6.07, 6.45) is 4.85. The summed E-state index contributed by atoms with van der Waals surface area (Å²) in [4.78, 5) is 27.5. The normalized spacial score (nSPS) is 10.7. The fraction of sp³-hybridized carbons (Fsp3) is 0.133. The van der Waals surface area contributed by atoms with Crippen LogP contribution in [0.4, 0.5) is 0 Å². The van der Waals surface area contributed by atoms with Crippen molar-refractivity contribution in [3.05, 3.63) is 57.6 Å². The number of carbonyl (C=O) groups excluding carboxylic acids is 1. The van der Waals surface area contributed by atoms with E-state index in [1.54, 1.807) is 30.5 Å². The summed E-state index contributed by atoms with van der Waals surface area (Å²) in [7, 11) is 0. The molecule has 1 aromatic carbocycles. The minimum absolute atomic E-state index is 0.206. The number of rotatable bonds is 5. The number of benzene rings is 1. The van der Waals surface area contributed by atoms with Gasteiger partial charge in [0.15, 0.2) is 0 Å². The van der Waals surface area contributed by atoms with Gasteiger partial charge in [0.25, 0.3) is 0 Å². The van der Waals surface area contributed by atoms with E-state index in [-0.39, 0.29) is 18.0 Å². The quantitative estimate of drug-likeness (QED) is 0.832. The topological polar surface area (TPSA) is 79.3 Å². The average Bonchev–Trinajstić information content (AvgIpc) is 2.89. The molecule has 0 saturated carbocycles. The van der Waals surface area contributed by atoms with E-state index in [9.17, 15) is 9.59 Å². The third kappa shape index (κ3) is 4.54. The molecule has 0 saturated heterocycles. The van der Waals surface area contributed by atoms with Crippen LogP contribution in [0, 0.1) is 6.92 Å². The van der Waals surface area contributed by atoms with Crippen molar-refractivity contribution in [1.82, 2.24) is 10.3 Å². The monoisotopic (exact) mass is 302 g/mol. The van der Waals surface area contributed by atoms with Gasteiger partial charge >= 0.3 is 5.97 Å². The number of carboxylic acid groups (broad SMARTS) is 1. The number of amides is 1. The van der Waals surface area contributed by atoms with E-state index in [2.05, 4.69) is 10.3 Å². The molecule has 2 aromatic rings. The number of thiazole rings is 1. The van der Waals surface area contributed by atoms with Crippen molar-refractivity contribution in [3.8, 4) is 0 Å². The van der Waals surface area contributed by atoms with Crippen LogP contribution < -0.4 is 5.32 Å². The molecule has 0 aliphatic heterocycles. The van der Waals surface area contributed by atoms with Crippen LogP contribution in [-0.4, -0.2) is 22.0 Å². The largest absolute Gasteiger partial charge is 0.478 e. The molecule has 0 spiro atoms. The molecule has 0 aliphatic rings. The second-order valence-corrected chi connectivity index (χ2v) is 5.60. The first-order chi connectivity index (χ1) is 10.0. The number of hydrogen-bond donors (Lipinski definition) is 2. The van der Waals surface area contributed by atoms with Crippen molar-refractivity contribution in [2.24, 2.45) is 0 Å². The highest BCUT2D eigenvalue weighted by molar-refractivity contribution is 7.12. The van der Waals surface area contributed by atoms with E-state index in [0.29, 0.717) is 0 Å². The van der Waals surface area contributed by atoms with Gasteiger partial charge in [-0.3, -0.25) is 4.79 Å². The molecule has 0 radical (unpaired) electrons. The van der Waals surface area contributed by atoms with Gasteiger partial charge in [-0.15, -0.1) is 11.3 Å². The van der Waals surface area contributed by atoms with E-state index in [4.69, 9.17) is 5.11 Å². The van der Waals surface area contributed by atoms with E-state index in [1.807, 2.05) is 6.92 Å². The van der Waals surface area contributed by atoms with E-state index in [1.165, 1.54) is 23.5 Å². The Morgan fingerprint density at radius 3 is 2.90 bits per heavy atom. The van der Waals surface area contributed by atoms with Crippen LogP contribution in [0.25, 0.3) is 6.08 Å². The Balaban J connectivity index is 1.90. The summed E-state index contributed by atoms with van der Waals surface area (Å²) in [6.45, 7) is 2.18. The van der Waals surface area contributed by atoms with Crippen molar-refractivity contribution in [2.75, 3.05) is 0 Å². The van der Waals surface area contributed by atoms with Crippen molar-refractivity contribution in [2.45, 2.75) is 13.5 Å². The second kappa shape index (κ2) is 6.81. The van der Waals surface area contributed by atoms with E-state index >= 15 is 0 Å². The molecule has 5 nitrogen and oxygen atoms in total. The number of nitrogens with zero attached hydrogens (tertiary/aromatic N) is 1. The lowest BCUT2D eigenvalue weighted by Crippen LogP contribution is -2.20. The Kier molecular flexibility index (Phi) is 4.84. The molecule has 0 aliphatic carbocycles.